The third kappa shape index (κ3) is 4.65. The molecule has 0 bridgehead atoms. The van der Waals surface area contributed by atoms with E-state index in [2.05, 4.69) is 10.5 Å². The van der Waals surface area contributed by atoms with Gasteiger partial charge in [0.25, 0.3) is 5.91 Å². The van der Waals surface area contributed by atoms with Crippen LogP contribution >= 0.6 is 0 Å². The first-order chi connectivity index (χ1) is 14.2. The van der Waals surface area contributed by atoms with Gasteiger partial charge in [-0.1, -0.05) is 5.16 Å². The van der Waals surface area contributed by atoms with Crippen LogP contribution in [0.5, 0.6) is 0 Å². The quantitative estimate of drug-likeness (QED) is 0.650. The molecule has 0 unspecified atom stereocenters. The van der Waals surface area contributed by atoms with Crippen LogP contribution in [0.4, 0.5) is 8.78 Å². The average molecular weight is 423 g/mol. The molecule has 1 aromatic carbocycles. The Balaban J connectivity index is 1.71. The number of carboxylic acid groups (broad SMARTS) is 1. The van der Waals surface area contributed by atoms with Crippen molar-refractivity contribution in [1.29, 1.82) is 0 Å². The van der Waals surface area contributed by atoms with Gasteiger partial charge in [0, 0.05) is 37.3 Å². The van der Waals surface area contributed by atoms with Crippen LogP contribution in [0, 0.1) is 17.6 Å². The van der Waals surface area contributed by atoms with Crippen LogP contribution in [-0.4, -0.2) is 63.4 Å². The molecular weight excluding hydrogens is 400 g/mol. The predicted octanol–water partition coefficient (Wildman–Crippen LogP) is 1.89. The normalized spacial score (nSPS) is 21.8. The number of hydrogen-bond donors (Lipinski definition) is 3. The van der Waals surface area contributed by atoms with Crippen LogP contribution in [0.1, 0.15) is 30.8 Å². The standard InChI is InChI=1S/C20H23F2N3O5/c1-10(11(2)26)25-6-5-16(14(9-25)20(28)29)23-19(27)17-8-18(30-24-17)13-4-3-12(21)7-15(13)22/h3-4,7-8,10-11,14,16,26H,5-6,9H2,1-2H3,(H,23,27)(H,28,29)/t10-,11+,14+,16+/m0/s1. The number of aromatic nitrogens is 1. The number of rotatable bonds is 6. The van der Waals surface area contributed by atoms with E-state index in [0.717, 1.165) is 6.07 Å². The van der Waals surface area contributed by atoms with E-state index >= 15 is 0 Å². The van der Waals surface area contributed by atoms with Gasteiger partial charge in [0.1, 0.15) is 11.6 Å². The lowest BCUT2D eigenvalue weighted by atomic mass is 9.90. The molecule has 3 N–H and O–H groups in total. The number of carbonyl (C=O) groups excluding carboxylic acids is 1. The highest BCUT2D eigenvalue weighted by atomic mass is 19.1. The van der Waals surface area contributed by atoms with Gasteiger partial charge in [-0.25, -0.2) is 8.78 Å². The lowest BCUT2D eigenvalue weighted by Crippen LogP contribution is -2.56. The van der Waals surface area contributed by atoms with Gasteiger partial charge in [-0.05, 0) is 32.4 Å². The molecule has 2 heterocycles. The molecule has 2 aromatic rings. The van der Waals surface area contributed by atoms with Gasteiger partial charge in [0.2, 0.25) is 0 Å². The lowest BCUT2D eigenvalue weighted by Gasteiger charge is -2.40. The average Bonchev–Trinajstić information content (AvgIpc) is 3.17. The summed E-state index contributed by atoms with van der Waals surface area (Å²) in [5, 5.41) is 25.6. The molecule has 1 aromatic heterocycles. The molecular formula is C20H23F2N3O5. The molecule has 0 radical (unpaired) electrons. The Hall–Kier alpha value is -2.85. The largest absolute Gasteiger partial charge is 0.481 e. The number of aliphatic hydroxyl groups excluding tert-OH is 1. The summed E-state index contributed by atoms with van der Waals surface area (Å²) in [7, 11) is 0. The Kier molecular flexibility index (Phi) is 6.47. The highest BCUT2D eigenvalue weighted by Crippen LogP contribution is 2.25. The second-order valence-electron chi connectivity index (χ2n) is 7.49. The maximum Gasteiger partial charge on any atom is 0.309 e. The van der Waals surface area contributed by atoms with Crippen LogP contribution in [-0.2, 0) is 4.79 Å². The maximum absolute atomic E-state index is 13.9. The van der Waals surface area contributed by atoms with Crippen LogP contribution in [0.3, 0.4) is 0 Å². The number of nitrogens with one attached hydrogen (secondary N) is 1. The zero-order valence-corrected chi connectivity index (χ0v) is 16.5. The summed E-state index contributed by atoms with van der Waals surface area (Å²) in [6, 6.07) is 3.28. The fourth-order valence-corrected chi connectivity index (χ4v) is 3.52. The lowest BCUT2D eigenvalue weighted by molar-refractivity contribution is -0.145. The van der Waals surface area contributed by atoms with Gasteiger partial charge in [-0.15, -0.1) is 0 Å². The molecule has 4 atom stereocenters. The molecule has 1 aliphatic heterocycles. The Bertz CT molecular complexity index is 933. The molecule has 10 heteroatoms. The van der Waals surface area contributed by atoms with Crippen LogP contribution < -0.4 is 5.32 Å². The van der Waals surface area contributed by atoms with Crippen molar-refractivity contribution in [3.63, 3.8) is 0 Å². The van der Waals surface area contributed by atoms with E-state index < -0.39 is 41.6 Å². The first-order valence-electron chi connectivity index (χ1n) is 9.55. The van der Waals surface area contributed by atoms with Gasteiger partial charge >= 0.3 is 5.97 Å². The van der Waals surface area contributed by atoms with Crippen molar-refractivity contribution >= 4 is 11.9 Å². The summed E-state index contributed by atoms with van der Waals surface area (Å²) >= 11 is 0. The van der Waals surface area contributed by atoms with Gasteiger partial charge < -0.3 is 20.1 Å². The third-order valence-electron chi connectivity index (χ3n) is 5.49. The van der Waals surface area contributed by atoms with E-state index in [4.69, 9.17) is 4.52 Å². The fourth-order valence-electron chi connectivity index (χ4n) is 3.52. The van der Waals surface area contributed by atoms with E-state index in [1.165, 1.54) is 12.1 Å². The molecule has 0 aliphatic carbocycles. The second kappa shape index (κ2) is 8.88. The summed E-state index contributed by atoms with van der Waals surface area (Å²) < 4.78 is 32.0. The zero-order valence-electron chi connectivity index (χ0n) is 16.5. The van der Waals surface area contributed by atoms with Crippen LogP contribution in [0.15, 0.2) is 28.8 Å². The van der Waals surface area contributed by atoms with Gasteiger partial charge in [-0.3, -0.25) is 14.5 Å². The van der Waals surface area contributed by atoms with Crippen LogP contribution in [0.25, 0.3) is 11.3 Å². The zero-order chi connectivity index (χ0) is 22.0. The Labute approximate surface area is 171 Å². The number of carboxylic acids is 1. The van der Waals surface area contributed by atoms with Crippen molar-refractivity contribution in [2.24, 2.45) is 5.92 Å². The first kappa shape index (κ1) is 21.8. The van der Waals surface area contributed by atoms with Crippen molar-refractivity contribution in [3.8, 4) is 11.3 Å². The molecule has 3 rings (SSSR count). The third-order valence-corrected chi connectivity index (χ3v) is 5.49. The number of hydrogen-bond acceptors (Lipinski definition) is 6. The summed E-state index contributed by atoms with van der Waals surface area (Å²) in [6.45, 7) is 4.14. The number of likely N-dealkylation sites (tertiary alicyclic amines) is 1. The minimum Gasteiger partial charge on any atom is -0.481 e. The summed E-state index contributed by atoms with van der Waals surface area (Å²) in [5.41, 5.74) is -0.190. The summed E-state index contributed by atoms with van der Waals surface area (Å²) in [6.07, 6.45) is -0.247. The number of aliphatic hydroxyl groups is 1. The Morgan fingerprint density at radius 2 is 2.03 bits per heavy atom. The number of benzene rings is 1. The molecule has 162 valence electrons. The van der Waals surface area contributed by atoms with Gasteiger partial charge in [-0.2, -0.15) is 0 Å². The summed E-state index contributed by atoms with van der Waals surface area (Å²) in [4.78, 5) is 26.2. The van der Waals surface area contributed by atoms with Crippen molar-refractivity contribution in [2.45, 2.75) is 38.5 Å². The number of nitrogens with zero attached hydrogens (tertiary/aromatic N) is 2. The van der Waals surface area contributed by atoms with Gasteiger partial charge in [0.05, 0.1) is 17.6 Å². The van der Waals surface area contributed by atoms with E-state index in [-0.39, 0.29) is 29.6 Å². The number of halogens is 2. The molecule has 1 fully saturated rings. The minimum absolute atomic E-state index is 0.0481. The maximum atomic E-state index is 13.9. The van der Waals surface area contributed by atoms with Crippen molar-refractivity contribution in [2.75, 3.05) is 13.1 Å². The molecule has 1 amide bonds. The van der Waals surface area contributed by atoms with Crippen molar-refractivity contribution in [3.05, 3.63) is 41.6 Å². The molecule has 1 saturated heterocycles. The molecule has 30 heavy (non-hydrogen) atoms. The molecule has 0 spiro atoms. The van der Waals surface area contributed by atoms with E-state index in [1.807, 2.05) is 11.8 Å². The minimum atomic E-state index is -1.06. The molecule has 8 nitrogen and oxygen atoms in total. The van der Waals surface area contributed by atoms with E-state index in [0.29, 0.717) is 19.0 Å². The topological polar surface area (TPSA) is 116 Å². The number of carbonyl (C=O) groups is 2. The fraction of sp³-hybridized carbons (Fsp3) is 0.450. The van der Waals surface area contributed by atoms with E-state index in [9.17, 15) is 28.6 Å². The SMILES string of the molecule is C[C@@H](O)[C@H](C)N1CC[C@@H](NC(=O)c2cc(-c3ccc(F)cc3F)on2)[C@H](C(=O)O)C1. The Morgan fingerprint density at radius 1 is 1.30 bits per heavy atom. The highest BCUT2D eigenvalue weighted by Gasteiger charge is 2.37. The van der Waals surface area contributed by atoms with Crippen molar-refractivity contribution < 1.29 is 33.1 Å². The van der Waals surface area contributed by atoms with E-state index in [1.54, 1.807) is 6.92 Å². The monoisotopic (exact) mass is 423 g/mol. The highest BCUT2D eigenvalue weighted by molar-refractivity contribution is 5.93. The molecule has 1 aliphatic rings. The summed E-state index contributed by atoms with van der Waals surface area (Å²) in [5.74, 6) is -4.23. The second-order valence-corrected chi connectivity index (χ2v) is 7.49. The number of amides is 1. The number of piperidine rings is 1. The number of aliphatic carboxylic acids is 1. The van der Waals surface area contributed by atoms with Crippen LogP contribution in [0.2, 0.25) is 0 Å². The van der Waals surface area contributed by atoms with Gasteiger partial charge in [0.15, 0.2) is 11.5 Å². The Morgan fingerprint density at radius 3 is 2.67 bits per heavy atom. The molecule has 0 saturated carbocycles. The first-order valence-corrected chi connectivity index (χ1v) is 9.55. The smallest absolute Gasteiger partial charge is 0.309 e. The predicted molar refractivity (Wildman–Crippen MR) is 102 cm³/mol. The van der Waals surface area contributed by atoms with Crippen molar-refractivity contribution in [1.82, 2.24) is 15.4 Å².